The highest BCUT2D eigenvalue weighted by Gasteiger charge is 2.11. The van der Waals surface area contributed by atoms with Crippen LogP contribution in [0.25, 0.3) is 0 Å². The molecule has 1 aromatic heterocycles. The van der Waals surface area contributed by atoms with Crippen LogP contribution < -0.4 is 5.73 Å². The Bertz CT molecular complexity index is 297. The number of hydrogen-bond donors (Lipinski definition) is 3. The van der Waals surface area contributed by atoms with E-state index in [1.54, 1.807) is 0 Å². The minimum absolute atomic E-state index is 0.0336. The van der Waals surface area contributed by atoms with Crippen molar-refractivity contribution in [3.05, 3.63) is 24.0 Å². The first-order chi connectivity index (χ1) is 6.09. The summed E-state index contributed by atoms with van der Waals surface area (Å²) < 4.78 is 0. The summed E-state index contributed by atoms with van der Waals surface area (Å²) in [5.41, 5.74) is 5.98. The number of rotatable bonds is 3. The van der Waals surface area contributed by atoms with E-state index in [1.165, 1.54) is 18.3 Å². The highest BCUT2D eigenvalue weighted by Crippen LogP contribution is 2.13. The Balaban J connectivity index is 2.71. The molecule has 13 heavy (non-hydrogen) atoms. The smallest absolute Gasteiger partial charge is 0.305 e. The van der Waals surface area contributed by atoms with Gasteiger partial charge in [0.15, 0.2) is 0 Å². The molecule has 0 aliphatic carbocycles. The maximum Gasteiger partial charge on any atom is 0.305 e. The third kappa shape index (κ3) is 2.72. The topological polar surface area (TPSA) is 96.4 Å². The molecule has 0 saturated heterocycles. The number of pyridine rings is 1. The van der Waals surface area contributed by atoms with Crippen LogP contribution in [0, 0.1) is 0 Å². The van der Waals surface area contributed by atoms with Gasteiger partial charge in [0.05, 0.1) is 24.4 Å². The minimum atomic E-state index is -0.970. The number of hydrogen-bond acceptors (Lipinski definition) is 4. The third-order valence-electron chi connectivity index (χ3n) is 1.55. The SMILES string of the molecule is NC(CC(=O)O)c1ccc(O)cn1. The van der Waals surface area contributed by atoms with Crippen LogP contribution in [0.3, 0.4) is 0 Å². The zero-order valence-electron chi connectivity index (χ0n) is 6.84. The van der Waals surface area contributed by atoms with E-state index in [9.17, 15) is 4.79 Å². The lowest BCUT2D eigenvalue weighted by Gasteiger charge is -2.07. The van der Waals surface area contributed by atoms with Crippen molar-refractivity contribution in [2.75, 3.05) is 0 Å². The Morgan fingerprint density at radius 1 is 1.62 bits per heavy atom. The molecule has 1 rings (SSSR count). The van der Waals surface area contributed by atoms with Gasteiger partial charge < -0.3 is 15.9 Å². The molecular formula is C8H10N2O3. The van der Waals surface area contributed by atoms with Crippen molar-refractivity contribution in [3.63, 3.8) is 0 Å². The second kappa shape index (κ2) is 3.86. The Kier molecular flexibility index (Phi) is 2.81. The van der Waals surface area contributed by atoms with Crippen molar-refractivity contribution in [1.82, 2.24) is 4.98 Å². The molecule has 0 aliphatic heterocycles. The van der Waals surface area contributed by atoms with E-state index in [0.717, 1.165) is 0 Å². The summed E-state index contributed by atoms with van der Waals surface area (Å²) >= 11 is 0. The van der Waals surface area contributed by atoms with Crippen LogP contribution in [-0.4, -0.2) is 21.2 Å². The fourth-order valence-electron chi connectivity index (χ4n) is 0.910. The molecular weight excluding hydrogens is 172 g/mol. The molecule has 0 amide bonds. The molecule has 0 bridgehead atoms. The first-order valence-corrected chi connectivity index (χ1v) is 3.72. The van der Waals surface area contributed by atoms with Crippen molar-refractivity contribution in [2.45, 2.75) is 12.5 Å². The molecule has 0 aliphatic rings. The third-order valence-corrected chi connectivity index (χ3v) is 1.55. The molecule has 5 nitrogen and oxygen atoms in total. The summed E-state index contributed by atoms with van der Waals surface area (Å²) in [5.74, 6) is -0.936. The van der Waals surface area contributed by atoms with E-state index >= 15 is 0 Å². The Labute approximate surface area is 74.8 Å². The number of carboxylic acid groups (broad SMARTS) is 1. The quantitative estimate of drug-likeness (QED) is 0.623. The fraction of sp³-hybridized carbons (Fsp3) is 0.250. The van der Waals surface area contributed by atoms with Crippen molar-refractivity contribution >= 4 is 5.97 Å². The largest absolute Gasteiger partial charge is 0.506 e. The molecule has 1 unspecified atom stereocenters. The first-order valence-electron chi connectivity index (χ1n) is 3.72. The van der Waals surface area contributed by atoms with Crippen molar-refractivity contribution in [1.29, 1.82) is 0 Å². The number of nitrogens with two attached hydrogens (primary N) is 1. The van der Waals surface area contributed by atoms with Gasteiger partial charge in [-0.1, -0.05) is 0 Å². The van der Waals surface area contributed by atoms with Gasteiger partial charge in [-0.15, -0.1) is 0 Å². The second-order valence-corrected chi connectivity index (χ2v) is 2.65. The summed E-state index contributed by atoms with van der Waals surface area (Å²) in [6, 6.07) is 2.30. The van der Waals surface area contributed by atoms with Gasteiger partial charge in [0.1, 0.15) is 5.75 Å². The first kappa shape index (κ1) is 9.47. The Hall–Kier alpha value is -1.62. The molecule has 4 N–H and O–H groups in total. The molecule has 0 fully saturated rings. The van der Waals surface area contributed by atoms with Crippen LogP contribution in [0.1, 0.15) is 18.2 Å². The van der Waals surface area contributed by atoms with Gasteiger partial charge in [-0.3, -0.25) is 9.78 Å². The average Bonchev–Trinajstić information content (AvgIpc) is 2.04. The zero-order valence-corrected chi connectivity index (χ0v) is 6.84. The summed E-state index contributed by atoms with van der Waals surface area (Å²) in [6.07, 6.45) is 1.06. The number of carboxylic acids is 1. The maximum absolute atomic E-state index is 10.3. The van der Waals surface area contributed by atoms with E-state index in [2.05, 4.69) is 4.98 Å². The van der Waals surface area contributed by atoms with Gasteiger partial charge >= 0.3 is 5.97 Å². The summed E-state index contributed by atoms with van der Waals surface area (Å²) in [4.78, 5) is 14.1. The number of aromatic hydroxyl groups is 1. The van der Waals surface area contributed by atoms with E-state index in [0.29, 0.717) is 5.69 Å². The van der Waals surface area contributed by atoms with Crippen LogP contribution in [0.4, 0.5) is 0 Å². The summed E-state index contributed by atoms with van der Waals surface area (Å²) in [5, 5.41) is 17.3. The molecule has 5 heteroatoms. The fourth-order valence-corrected chi connectivity index (χ4v) is 0.910. The minimum Gasteiger partial charge on any atom is -0.506 e. The molecule has 70 valence electrons. The predicted molar refractivity (Wildman–Crippen MR) is 45.1 cm³/mol. The predicted octanol–water partition coefficient (Wildman–Crippen LogP) is 0.262. The van der Waals surface area contributed by atoms with Crippen LogP contribution in [0.2, 0.25) is 0 Å². The number of aromatic nitrogens is 1. The van der Waals surface area contributed by atoms with Gasteiger partial charge in [0.2, 0.25) is 0 Å². The van der Waals surface area contributed by atoms with Crippen molar-refractivity contribution in [3.8, 4) is 5.75 Å². The van der Waals surface area contributed by atoms with Crippen LogP contribution >= 0.6 is 0 Å². The zero-order chi connectivity index (χ0) is 9.84. The van der Waals surface area contributed by atoms with Gasteiger partial charge in [0, 0.05) is 0 Å². The van der Waals surface area contributed by atoms with E-state index in [-0.39, 0.29) is 12.2 Å². The van der Waals surface area contributed by atoms with E-state index in [1.807, 2.05) is 0 Å². The van der Waals surface area contributed by atoms with Crippen LogP contribution in [0.15, 0.2) is 18.3 Å². The number of aliphatic carboxylic acids is 1. The lowest BCUT2D eigenvalue weighted by atomic mass is 10.1. The molecule has 1 heterocycles. The second-order valence-electron chi connectivity index (χ2n) is 2.65. The van der Waals surface area contributed by atoms with Gasteiger partial charge in [0.25, 0.3) is 0 Å². The monoisotopic (exact) mass is 182 g/mol. The molecule has 1 atom stereocenters. The standard InChI is InChI=1S/C8H10N2O3/c9-6(3-8(12)13)7-2-1-5(11)4-10-7/h1-2,4,6,11H,3,9H2,(H,12,13). The molecule has 0 radical (unpaired) electrons. The highest BCUT2D eigenvalue weighted by atomic mass is 16.4. The normalized spacial score (nSPS) is 12.4. The molecule has 0 spiro atoms. The average molecular weight is 182 g/mol. The van der Waals surface area contributed by atoms with Crippen LogP contribution in [-0.2, 0) is 4.79 Å². The molecule has 1 aromatic rings. The highest BCUT2D eigenvalue weighted by molar-refractivity contribution is 5.67. The maximum atomic E-state index is 10.3. The lowest BCUT2D eigenvalue weighted by Crippen LogP contribution is -2.15. The van der Waals surface area contributed by atoms with Gasteiger partial charge in [-0.2, -0.15) is 0 Å². The van der Waals surface area contributed by atoms with Crippen molar-refractivity contribution in [2.24, 2.45) is 5.73 Å². The number of carbonyl (C=O) groups is 1. The van der Waals surface area contributed by atoms with Gasteiger partial charge in [-0.05, 0) is 12.1 Å². The number of nitrogens with zero attached hydrogens (tertiary/aromatic N) is 1. The van der Waals surface area contributed by atoms with E-state index in [4.69, 9.17) is 15.9 Å². The van der Waals surface area contributed by atoms with Crippen LogP contribution in [0.5, 0.6) is 5.75 Å². The molecule has 0 saturated carbocycles. The summed E-state index contributed by atoms with van der Waals surface area (Å²) in [6.45, 7) is 0. The van der Waals surface area contributed by atoms with Crippen molar-refractivity contribution < 1.29 is 15.0 Å². The Morgan fingerprint density at radius 3 is 2.77 bits per heavy atom. The van der Waals surface area contributed by atoms with E-state index < -0.39 is 12.0 Å². The lowest BCUT2D eigenvalue weighted by molar-refractivity contribution is -0.137. The summed E-state index contributed by atoms with van der Waals surface area (Å²) in [7, 11) is 0. The van der Waals surface area contributed by atoms with Gasteiger partial charge in [-0.25, -0.2) is 0 Å². The molecule has 0 aromatic carbocycles. The Morgan fingerprint density at radius 2 is 2.31 bits per heavy atom.